The van der Waals surface area contributed by atoms with E-state index in [9.17, 15) is 31.2 Å². The molecule has 0 saturated carbocycles. The van der Waals surface area contributed by atoms with Crippen molar-refractivity contribution in [1.29, 1.82) is 0 Å². The van der Waals surface area contributed by atoms with Gasteiger partial charge in [-0.1, -0.05) is 0 Å². The molecule has 3 amide bonds. The quantitative estimate of drug-likeness (QED) is 0.302. The Balaban J connectivity index is 1.78. The van der Waals surface area contributed by atoms with E-state index in [1.807, 2.05) is 0 Å². The standard InChI is InChI=1S/C13H21F3N6O4S/c1-17-11(18-4-7-22-10(23)8-19-12(22)24)20-9-2-5-21(6-3-9)27(25,26)13(14,15)16/h9H,2-8H2,1H3,(H,19,24)(H2,17,18,20). The topological polar surface area (TPSA) is 123 Å². The second-order valence-electron chi connectivity index (χ2n) is 5.97. The van der Waals surface area contributed by atoms with Crippen LogP contribution in [0.2, 0.25) is 0 Å². The molecule has 0 bridgehead atoms. The van der Waals surface area contributed by atoms with Crippen molar-refractivity contribution in [1.82, 2.24) is 25.2 Å². The second-order valence-corrected chi connectivity index (χ2v) is 7.90. The van der Waals surface area contributed by atoms with E-state index in [0.717, 1.165) is 4.90 Å². The maximum absolute atomic E-state index is 12.6. The van der Waals surface area contributed by atoms with Crippen molar-refractivity contribution < 1.29 is 31.2 Å². The summed E-state index contributed by atoms with van der Waals surface area (Å²) in [5.74, 6) is 0.0159. The predicted molar refractivity (Wildman–Crippen MR) is 89.2 cm³/mol. The van der Waals surface area contributed by atoms with Crippen LogP contribution in [0.3, 0.4) is 0 Å². The first kappa shape index (κ1) is 21.2. The third-order valence-corrected chi connectivity index (χ3v) is 5.85. The van der Waals surface area contributed by atoms with Gasteiger partial charge >= 0.3 is 21.6 Å². The van der Waals surface area contributed by atoms with Crippen LogP contribution in [0.4, 0.5) is 18.0 Å². The number of nitrogens with zero attached hydrogens (tertiary/aromatic N) is 3. The van der Waals surface area contributed by atoms with Crippen LogP contribution in [0.15, 0.2) is 4.99 Å². The molecule has 0 aromatic rings. The number of imide groups is 1. The van der Waals surface area contributed by atoms with Gasteiger partial charge in [0, 0.05) is 39.3 Å². The van der Waals surface area contributed by atoms with E-state index < -0.39 is 21.6 Å². The van der Waals surface area contributed by atoms with Crippen LogP contribution in [0.1, 0.15) is 12.8 Å². The van der Waals surface area contributed by atoms with Gasteiger partial charge in [-0.3, -0.25) is 14.7 Å². The van der Waals surface area contributed by atoms with Crippen molar-refractivity contribution in [2.75, 3.05) is 39.8 Å². The van der Waals surface area contributed by atoms with Crippen LogP contribution in [0.5, 0.6) is 0 Å². The number of piperidine rings is 1. The Morgan fingerprint density at radius 3 is 2.41 bits per heavy atom. The molecule has 10 nitrogen and oxygen atoms in total. The first-order valence-electron chi connectivity index (χ1n) is 8.18. The zero-order valence-corrected chi connectivity index (χ0v) is 15.4. The van der Waals surface area contributed by atoms with E-state index in [-0.39, 0.29) is 57.5 Å². The van der Waals surface area contributed by atoms with Crippen molar-refractivity contribution in [2.24, 2.45) is 4.99 Å². The Hall–Kier alpha value is -2.09. The highest BCUT2D eigenvalue weighted by Gasteiger charge is 2.50. The highest BCUT2D eigenvalue weighted by Crippen LogP contribution is 2.28. The third-order valence-electron chi connectivity index (χ3n) is 4.22. The monoisotopic (exact) mass is 414 g/mol. The highest BCUT2D eigenvalue weighted by atomic mass is 32.2. The number of sulfonamides is 1. The Bertz CT molecular complexity index is 687. The molecule has 3 N–H and O–H groups in total. The second kappa shape index (κ2) is 8.29. The molecule has 0 aromatic heterocycles. The summed E-state index contributed by atoms with van der Waals surface area (Å²) in [6.07, 6.45) is 0.367. The number of guanidine groups is 1. The molecular formula is C13H21F3N6O4S. The van der Waals surface area contributed by atoms with Crippen LogP contribution >= 0.6 is 0 Å². The summed E-state index contributed by atoms with van der Waals surface area (Å²) in [7, 11) is -3.81. The van der Waals surface area contributed by atoms with Crippen LogP contribution < -0.4 is 16.0 Å². The lowest BCUT2D eigenvalue weighted by Crippen LogP contribution is -2.52. The summed E-state index contributed by atoms with van der Waals surface area (Å²) < 4.78 is 60.9. The normalized spacial score (nSPS) is 20.7. The summed E-state index contributed by atoms with van der Waals surface area (Å²) in [6.45, 7) is -0.170. The Morgan fingerprint density at radius 2 is 1.93 bits per heavy atom. The number of carbonyl (C=O) groups is 2. The Labute approximate surface area is 154 Å². The van der Waals surface area contributed by atoms with E-state index in [2.05, 4.69) is 20.9 Å². The zero-order chi connectivity index (χ0) is 20.2. The van der Waals surface area contributed by atoms with Crippen molar-refractivity contribution in [3.8, 4) is 0 Å². The predicted octanol–water partition coefficient (Wildman–Crippen LogP) is -0.983. The minimum absolute atomic E-state index is 0.0365. The molecule has 2 aliphatic rings. The number of nitrogens with one attached hydrogen (secondary N) is 3. The van der Waals surface area contributed by atoms with Crippen LogP contribution in [-0.2, 0) is 14.8 Å². The molecule has 27 heavy (non-hydrogen) atoms. The van der Waals surface area contributed by atoms with Gasteiger partial charge < -0.3 is 16.0 Å². The van der Waals surface area contributed by atoms with Crippen molar-refractivity contribution in [3.05, 3.63) is 0 Å². The zero-order valence-electron chi connectivity index (χ0n) is 14.5. The molecule has 2 saturated heterocycles. The molecule has 0 atom stereocenters. The van der Waals surface area contributed by atoms with Gasteiger partial charge in [-0.25, -0.2) is 13.2 Å². The molecule has 0 unspecified atom stereocenters. The number of hydrogen-bond acceptors (Lipinski definition) is 5. The Morgan fingerprint density at radius 1 is 1.30 bits per heavy atom. The smallest absolute Gasteiger partial charge is 0.355 e. The van der Waals surface area contributed by atoms with Gasteiger partial charge in [-0.15, -0.1) is 0 Å². The fraction of sp³-hybridized carbons (Fsp3) is 0.769. The summed E-state index contributed by atoms with van der Waals surface area (Å²) in [6, 6.07) is -0.726. The van der Waals surface area contributed by atoms with Crippen molar-refractivity contribution >= 4 is 27.9 Å². The fourth-order valence-corrected chi connectivity index (χ4v) is 3.73. The SMILES string of the molecule is CN=C(NCCN1C(=O)CNC1=O)NC1CCN(S(=O)(=O)C(F)(F)F)CC1. The minimum atomic E-state index is -5.31. The lowest BCUT2D eigenvalue weighted by Gasteiger charge is -2.32. The molecular weight excluding hydrogens is 393 g/mol. The van der Waals surface area contributed by atoms with Crippen LogP contribution in [-0.4, -0.2) is 86.8 Å². The molecule has 2 fully saturated rings. The van der Waals surface area contributed by atoms with E-state index in [4.69, 9.17) is 0 Å². The average Bonchev–Trinajstić information content (AvgIpc) is 2.92. The van der Waals surface area contributed by atoms with Crippen LogP contribution in [0, 0.1) is 0 Å². The molecule has 0 radical (unpaired) electrons. The molecule has 2 heterocycles. The molecule has 2 rings (SSSR count). The van der Waals surface area contributed by atoms with Crippen molar-refractivity contribution in [2.45, 2.75) is 24.4 Å². The fourth-order valence-electron chi connectivity index (χ4n) is 2.74. The molecule has 154 valence electrons. The first-order valence-corrected chi connectivity index (χ1v) is 9.62. The maximum atomic E-state index is 12.6. The summed E-state index contributed by atoms with van der Waals surface area (Å²) >= 11 is 0. The number of amides is 3. The van der Waals surface area contributed by atoms with E-state index >= 15 is 0 Å². The van der Waals surface area contributed by atoms with Crippen molar-refractivity contribution in [3.63, 3.8) is 0 Å². The molecule has 2 aliphatic heterocycles. The minimum Gasteiger partial charge on any atom is -0.355 e. The third kappa shape index (κ3) is 5.00. The first-order chi connectivity index (χ1) is 12.6. The number of rotatable bonds is 5. The molecule has 0 spiro atoms. The number of aliphatic imine (C=N–C) groups is 1. The number of alkyl halides is 3. The molecule has 0 aliphatic carbocycles. The largest absolute Gasteiger partial charge is 0.511 e. The lowest BCUT2D eigenvalue weighted by molar-refractivity contribution is -0.124. The van der Waals surface area contributed by atoms with E-state index in [0.29, 0.717) is 10.3 Å². The lowest BCUT2D eigenvalue weighted by atomic mass is 10.1. The van der Waals surface area contributed by atoms with Gasteiger partial charge in [-0.2, -0.15) is 17.5 Å². The highest BCUT2D eigenvalue weighted by molar-refractivity contribution is 7.90. The van der Waals surface area contributed by atoms with Crippen LogP contribution in [0.25, 0.3) is 0 Å². The summed E-state index contributed by atoms with van der Waals surface area (Å²) in [5.41, 5.74) is -5.30. The molecule has 0 aromatic carbocycles. The van der Waals surface area contributed by atoms with Gasteiger partial charge in [0.2, 0.25) is 5.91 Å². The number of urea groups is 1. The van der Waals surface area contributed by atoms with Gasteiger partial charge in [0.25, 0.3) is 0 Å². The van der Waals surface area contributed by atoms with Gasteiger partial charge in [0.15, 0.2) is 5.96 Å². The van der Waals surface area contributed by atoms with E-state index in [1.165, 1.54) is 7.05 Å². The van der Waals surface area contributed by atoms with Gasteiger partial charge in [-0.05, 0) is 12.8 Å². The summed E-state index contributed by atoms with van der Waals surface area (Å²) in [4.78, 5) is 27.9. The maximum Gasteiger partial charge on any atom is 0.511 e. The molecule has 14 heteroatoms. The average molecular weight is 414 g/mol. The number of hydrogen-bond donors (Lipinski definition) is 3. The van der Waals surface area contributed by atoms with E-state index in [1.54, 1.807) is 0 Å². The van der Waals surface area contributed by atoms with Gasteiger partial charge in [0.05, 0.1) is 6.54 Å². The Kier molecular flexibility index (Phi) is 6.51. The van der Waals surface area contributed by atoms with Gasteiger partial charge in [0.1, 0.15) is 0 Å². The number of carbonyl (C=O) groups excluding carboxylic acids is 2. The number of halogens is 3. The summed E-state index contributed by atoms with van der Waals surface area (Å²) in [5, 5.41) is 8.29.